The third-order valence-electron chi connectivity index (χ3n) is 14.4. The average molecular weight is 1010 g/mol. The molecule has 0 aliphatic heterocycles. The molecule has 0 saturated carbocycles. The van der Waals surface area contributed by atoms with Crippen LogP contribution in [0.25, 0.3) is 82.3 Å². The maximum atomic E-state index is 9.90. The Balaban J connectivity index is 0.000000173. The lowest BCUT2D eigenvalue weighted by Gasteiger charge is -2.18. The molecule has 4 N–H and O–H groups in total. The van der Waals surface area contributed by atoms with E-state index >= 15 is 0 Å². The minimum absolute atomic E-state index is 0.105. The van der Waals surface area contributed by atoms with E-state index in [0.29, 0.717) is 29.4 Å². The van der Waals surface area contributed by atoms with E-state index in [4.69, 9.17) is 23.9 Å². The van der Waals surface area contributed by atoms with Gasteiger partial charge >= 0.3 is 0 Å². The minimum atomic E-state index is -0.125. The smallest absolute Gasteiger partial charge is 0.219 e. The number of hydrogen-bond donors (Lipinski definition) is 4. The standard InChI is InChI=1S/C34H30NO4.C32H29NO4/c1-21-29-16-27(20-37)26(19-36)15-25(29)17-32-31-18-30(34(39-3)33(38-2)28(31)13-14-35(21)32)24-11-9-23(10-12-24)22-7-5-4-6-8-22;1-36-31-27-14-15-33-30(17-21-8-9-25(19-34)26(16-21)20-35)29(27)18-28(32(31)37-2)24-12-10-23(11-13-24)22-6-4-3-5-7-22/h4-18,36-37H,19-20H2,1-3H3;3-16,18,34-35H,17,19-20H2,1-2H3/q+1;. The van der Waals surface area contributed by atoms with Crippen LogP contribution in [0.3, 0.4) is 0 Å². The Labute approximate surface area is 441 Å². The summed E-state index contributed by atoms with van der Waals surface area (Å²) in [6, 6.07) is 57.7. The van der Waals surface area contributed by atoms with Crippen LogP contribution in [-0.4, -0.2) is 53.8 Å². The summed E-state index contributed by atoms with van der Waals surface area (Å²) < 4.78 is 25.8. The van der Waals surface area contributed by atoms with Crippen molar-refractivity contribution in [2.75, 3.05) is 28.4 Å². The van der Waals surface area contributed by atoms with E-state index in [0.717, 1.165) is 116 Å². The third-order valence-corrected chi connectivity index (χ3v) is 14.4. The van der Waals surface area contributed by atoms with Crippen molar-refractivity contribution in [2.24, 2.45) is 0 Å². The monoisotopic (exact) mass is 1010 g/mol. The van der Waals surface area contributed by atoms with Crippen molar-refractivity contribution in [1.29, 1.82) is 0 Å². The van der Waals surface area contributed by atoms with E-state index in [9.17, 15) is 20.4 Å². The van der Waals surface area contributed by atoms with Gasteiger partial charge in [-0.1, -0.05) is 127 Å². The van der Waals surface area contributed by atoms with Crippen molar-refractivity contribution in [2.45, 2.75) is 39.8 Å². The number of aliphatic hydroxyl groups excluding tert-OH is 4. The van der Waals surface area contributed by atoms with Gasteiger partial charge in [-0.25, -0.2) is 0 Å². The van der Waals surface area contributed by atoms with Crippen molar-refractivity contribution >= 4 is 37.8 Å². The van der Waals surface area contributed by atoms with Gasteiger partial charge in [-0.2, -0.15) is 4.40 Å². The second-order valence-corrected chi connectivity index (χ2v) is 18.6. The highest BCUT2D eigenvalue weighted by Crippen LogP contribution is 2.47. The van der Waals surface area contributed by atoms with Gasteiger partial charge in [-0.15, -0.1) is 0 Å². The van der Waals surface area contributed by atoms with Crippen LogP contribution in [0.15, 0.2) is 182 Å². The lowest BCUT2D eigenvalue weighted by Crippen LogP contribution is -2.26. The molecule has 0 bridgehead atoms. The highest BCUT2D eigenvalue weighted by atomic mass is 16.5. The highest BCUT2D eigenvalue weighted by molar-refractivity contribution is 6.05. The molecule has 8 aromatic carbocycles. The molecule has 0 atom stereocenters. The van der Waals surface area contributed by atoms with Crippen molar-refractivity contribution < 1.29 is 43.8 Å². The van der Waals surface area contributed by atoms with Crippen LogP contribution >= 0.6 is 0 Å². The number of aryl methyl sites for hydroxylation is 1. The van der Waals surface area contributed by atoms with Gasteiger partial charge in [0.05, 0.1) is 65.9 Å². The van der Waals surface area contributed by atoms with E-state index < -0.39 is 0 Å². The lowest BCUT2D eigenvalue weighted by atomic mass is 9.94. The average Bonchev–Trinajstić information content (AvgIpc) is 3.54. The number of nitrogens with zero attached hydrogens (tertiary/aromatic N) is 2. The molecular formula is C66H59N2O8+. The Hall–Kier alpha value is -8.64. The Kier molecular flexibility index (Phi) is 15.0. The zero-order valence-electron chi connectivity index (χ0n) is 43.2. The zero-order valence-corrected chi connectivity index (χ0v) is 43.2. The summed E-state index contributed by atoms with van der Waals surface area (Å²) in [6.45, 7) is 1.60. The first-order valence-corrected chi connectivity index (χ1v) is 25.1. The Bertz CT molecular complexity index is 3880. The van der Waals surface area contributed by atoms with Crippen LogP contribution < -0.4 is 23.3 Å². The second-order valence-electron chi connectivity index (χ2n) is 18.6. The molecule has 10 heteroatoms. The number of fused-ring (bicyclic) bond motifs is 5. The summed E-state index contributed by atoms with van der Waals surface area (Å²) in [4.78, 5) is 4.71. The number of methoxy groups -OCH3 is 4. The number of hydrogen-bond acceptors (Lipinski definition) is 9. The fraction of sp³-hybridized carbons (Fsp3) is 0.152. The second kappa shape index (κ2) is 22.5. The number of aliphatic hydroxyl groups is 4. The number of pyridine rings is 3. The molecule has 10 nitrogen and oxygen atoms in total. The molecule has 0 unspecified atom stereocenters. The van der Waals surface area contributed by atoms with Crippen molar-refractivity contribution in [1.82, 2.24) is 4.98 Å². The maximum Gasteiger partial charge on any atom is 0.219 e. The van der Waals surface area contributed by atoms with E-state index in [1.807, 2.05) is 79.0 Å². The summed E-state index contributed by atoms with van der Waals surface area (Å²) in [5, 5.41) is 44.9. The van der Waals surface area contributed by atoms with Gasteiger partial charge < -0.3 is 39.4 Å². The molecule has 0 aliphatic rings. The first-order chi connectivity index (χ1) is 37.2. The number of benzene rings is 8. The first-order valence-electron chi connectivity index (χ1n) is 25.1. The highest BCUT2D eigenvalue weighted by Gasteiger charge is 2.24. The van der Waals surface area contributed by atoms with Gasteiger partial charge in [0, 0.05) is 64.3 Å². The van der Waals surface area contributed by atoms with Crippen molar-refractivity contribution in [3.8, 4) is 67.5 Å². The lowest BCUT2D eigenvalue weighted by molar-refractivity contribution is -0.516. The van der Waals surface area contributed by atoms with Crippen LogP contribution in [0.1, 0.15) is 39.2 Å². The van der Waals surface area contributed by atoms with Crippen molar-refractivity contribution in [3.63, 3.8) is 0 Å². The Morgan fingerprint density at radius 1 is 0.408 bits per heavy atom. The van der Waals surface area contributed by atoms with E-state index in [1.54, 1.807) is 34.6 Å². The molecule has 11 rings (SSSR count). The summed E-state index contributed by atoms with van der Waals surface area (Å²) >= 11 is 0. The molecule has 76 heavy (non-hydrogen) atoms. The fourth-order valence-corrected chi connectivity index (χ4v) is 10.5. The number of rotatable bonds is 14. The predicted octanol–water partition coefficient (Wildman–Crippen LogP) is 12.5. The number of ether oxygens (including phenoxy) is 4. The third kappa shape index (κ3) is 9.67. The SMILES string of the molecule is COc1c(-c2ccc(-c3ccccc3)cc2)cc2c(Cc3ccc(CO)c(CO)c3)nccc2c1OC.COc1c(-c2ccc(-c3ccccc3)cc2)cc2c(cc[n+]3c(C)c4cc(CO)c(CO)cc4cc23)c1OC. The van der Waals surface area contributed by atoms with Gasteiger partial charge in [-0.3, -0.25) is 4.98 Å². The zero-order chi connectivity index (χ0) is 52.9. The molecule has 11 aromatic rings. The molecule has 0 spiro atoms. The van der Waals surface area contributed by atoms with E-state index in [1.165, 1.54) is 5.56 Å². The van der Waals surface area contributed by atoms with Crippen LogP contribution in [0.2, 0.25) is 0 Å². The summed E-state index contributed by atoms with van der Waals surface area (Å²) in [7, 11) is 6.66. The van der Waals surface area contributed by atoms with Crippen molar-refractivity contribution in [3.05, 3.63) is 221 Å². The first kappa shape index (κ1) is 50.9. The molecule has 0 saturated heterocycles. The van der Waals surface area contributed by atoms with Gasteiger partial charge in [0.1, 0.15) is 0 Å². The molecule has 0 amide bonds. The van der Waals surface area contributed by atoms with Crippen LogP contribution in [0.4, 0.5) is 0 Å². The van der Waals surface area contributed by atoms with Crippen LogP contribution in [0, 0.1) is 6.92 Å². The van der Waals surface area contributed by atoms with Crippen LogP contribution in [0.5, 0.6) is 23.0 Å². The normalized spacial score (nSPS) is 11.2. The summed E-state index contributed by atoms with van der Waals surface area (Å²) in [6.07, 6.45) is 4.39. The largest absolute Gasteiger partial charge is 0.492 e. The van der Waals surface area contributed by atoms with Gasteiger partial charge in [0.15, 0.2) is 34.9 Å². The van der Waals surface area contributed by atoms with Crippen LogP contribution in [-0.2, 0) is 32.8 Å². The van der Waals surface area contributed by atoms with E-state index in [-0.39, 0.29) is 26.4 Å². The molecule has 0 aliphatic carbocycles. The van der Waals surface area contributed by atoms with E-state index in [2.05, 4.69) is 108 Å². The fourth-order valence-electron chi connectivity index (χ4n) is 10.5. The van der Waals surface area contributed by atoms with Gasteiger partial charge in [0.25, 0.3) is 0 Å². The molecule has 0 fully saturated rings. The molecule has 380 valence electrons. The minimum Gasteiger partial charge on any atom is -0.492 e. The molecule has 0 radical (unpaired) electrons. The maximum absolute atomic E-state index is 9.90. The van der Waals surface area contributed by atoms with Gasteiger partial charge in [0.2, 0.25) is 5.52 Å². The Morgan fingerprint density at radius 2 is 0.882 bits per heavy atom. The predicted molar refractivity (Wildman–Crippen MR) is 302 cm³/mol. The molecule has 3 aromatic heterocycles. The molecule has 3 heterocycles. The topological polar surface area (TPSA) is 135 Å². The van der Waals surface area contributed by atoms with Gasteiger partial charge in [-0.05, 0) is 96.9 Å². The Morgan fingerprint density at radius 3 is 1.41 bits per heavy atom. The number of aromatic nitrogens is 2. The quantitative estimate of drug-likeness (QED) is 0.0477. The summed E-state index contributed by atoms with van der Waals surface area (Å²) in [5.41, 5.74) is 15.4. The molecular weight excluding hydrogens is 949 g/mol. The summed E-state index contributed by atoms with van der Waals surface area (Å²) in [5.74, 6) is 2.71.